The summed E-state index contributed by atoms with van der Waals surface area (Å²) in [5, 5.41) is 0. The standard InChI is InChI=1S/C18H22ClNO3/c1-13-7-4-5-8-16(13)22-10-6-9-20(3)18(21)17-11-15(12-19)14(2)23-17/h4-5,7-8,11H,6,9-10,12H2,1-3H3. The molecule has 0 fully saturated rings. The van der Waals surface area contributed by atoms with Crippen LogP contribution in [0.25, 0.3) is 0 Å². The van der Waals surface area contributed by atoms with E-state index in [4.69, 9.17) is 20.8 Å². The molecule has 0 bridgehead atoms. The van der Waals surface area contributed by atoms with Gasteiger partial charge in [0.25, 0.3) is 5.91 Å². The highest BCUT2D eigenvalue weighted by Gasteiger charge is 2.17. The van der Waals surface area contributed by atoms with E-state index in [1.807, 2.05) is 38.1 Å². The molecule has 124 valence electrons. The van der Waals surface area contributed by atoms with Gasteiger partial charge in [0.15, 0.2) is 5.76 Å². The third-order valence-corrected chi connectivity index (χ3v) is 4.00. The van der Waals surface area contributed by atoms with Crippen molar-refractivity contribution in [3.8, 4) is 5.75 Å². The first-order valence-electron chi connectivity index (χ1n) is 7.62. The Bertz CT molecular complexity index is 666. The normalized spacial score (nSPS) is 10.6. The molecular weight excluding hydrogens is 314 g/mol. The fourth-order valence-corrected chi connectivity index (χ4v) is 2.52. The van der Waals surface area contributed by atoms with Gasteiger partial charge in [0, 0.05) is 19.2 Å². The van der Waals surface area contributed by atoms with E-state index < -0.39 is 0 Å². The number of ether oxygens (including phenoxy) is 1. The summed E-state index contributed by atoms with van der Waals surface area (Å²) in [6.07, 6.45) is 0.749. The molecule has 0 saturated heterocycles. The number of hydrogen-bond donors (Lipinski definition) is 0. The summed E-state index contributed by atoms with van der Waals surface area (Å²) in [7, 11) is 1.76. The number of carbonyl (C=O) groups excluding carboxylic acids is 1. The summed E-state index contributed by atoms with van der Waals surface area (Å²) >= 11 is 5.80. The van der Waals surface area contributed by atoms with E-state index in [0.717, 1.165) is 23.3 Å². The average Bonchev–Trinajstić information content (AvgIpc) is 2.93. The van der Waals surface area contributed by atoms with E-state index >= 15 is 0 Å². The molecule has 1 heterocycles. The molecule has 0 unspecified atom stereocenters. The van der Waals surface area contributed by atoms with Gasteiger partial charge in [0.05, 0.1) is 12.5 Å². The Hall–Kier alpha value is -1.94. The van der Waals surface area contributed by atoms with Crippen molar-refractivity contribution in [2.75, 3.05) is 20.2 Å². The highest BCUT2D eigenvalue weighted by Crippen LogP contribution is 2.18. The lowest BCUT2D eigenvalue weighted by atomic mass is 10.2. The minimum atomic E-state index is -0.139. The second-order valence-corrected chi connectivity index (χ2v) is 5.79. The largest absolute Gasteiger partial charge is 0.493 e. The molecule has 1 aromatic carbocycles. The molecule has 2 aromatic rings. The first-order valence-corrected chi connectivity index (χ1v) is 8.15. The summed E-state index contributed by atoms with van der Waals surface area (Å²) < 4.78 is 11.2. The van der Waals surface area contributed by atoms with Crippen LogP contribution in [-0.4, -0.2) is 31.0 Å². The zero-order valence-electron chi connectivity index (χ0n) is 13.8. The van der Waals surface area contributed by atoms with Gasteiger partial charge in [-0.1, -0.05) is 18.2 Å². The van der Waals surface area contributed by atoms with Crippen molar-refractivity contribution < 1.29 is 13.9 Å². The van der Waals surface area contributed by atoms with Gasteiger partial charge in [0.1, 0.15) is 11.5 Å². The number of carbonyl (C=O) groups is 1. The molecule has 1 aromatic heterocycles. The van der Waals surface area contributed by atoms with Crippen LogP contribution in [0.5, 0.6) is 5.75 Å². The lowest BCUT2D eigenvalue weighted by molar-refractivity contribution is 0.0755. The molecular formula is C18H22ClNO3. The van der Waals surface area contributed by atoms with E-state index in [1.54, 1.807) is 18.0 Å². The van der Waals surface area contributed by atoms with Gasteiger partial charge < -0.3 is 14.1 Å². The Kier molecular flexibility index (Phi) is 6.11. The monoisotopic (exact) mass is 335 g/mol. The number of aryl methyl sites for hydroxylation is 2. The van der Waals surface area contributed by atoms with Gasteiger partial charge in [-0.2, -0.15) is 0 Å². The summed E-state index contributed by atoms with van der Waals surface area (Å²) in [5.74, 6) is 2.12. The number of hydrogen-bond acceptors (Lipinski definition) is 3. The van der Waals surface area contributed by atoms with E-state index in [1.165, 1.54) is 0 Å². The maximum Gasteiger partial charge on any atom is 0.289 e. The molecule has 0 saturated carbocycles. The molecule has 0 radical (unpaired) electrons. The Morgan fingerprint density at radius 2 is 2.04 bits per heavy atom. The molecule has 5 heteroatoms. The van der Waals surface area contributed by atoms with Crippen molar-refractivity contribution in [3.05, 3.63) is 53.0 Å². The van der Waals surface area contributed by atoms with Gasteiger partial charge in [0.2, 0.25) is 0 Å². The van der Waals surface area contributed by atoms with Crippen molar-refractivity contribution in [2.24, 2.45) is 0 Å². The minimum absolute atomic E-state index is 0.139. The minimum Gasteiger partial charge on any atom is -0.493 e. The van der Waals surface area contributed by atoms with Crippen molar-refractivity contribution in [3.63, 3.8) is 0 Å². The third kappa shape index (κ3) is 4.52. The topological polar surface area (TPSA) is 42.7 Å². The third-order valence-electron chi connectivity index (χ3n) is 3.71. The first kappa shape index (κ1) is 17.4. The van der Waals surface area contributed by atoms with Crippen LogP contribution in [-0.2, 0) is 5.88 Å². The predicted octanol–water partition coefficient (Wildman–Crippen LogP) is 4.18. The lowest BCUT2D eigenvalue weighted by Gasteiger charge is -2.16. The lowest BCUT2D eigenvalue weighted by Crippen LogP contribution is -2.28. The number of para-hydroxylation sites is 1. The maximum absolute atomic E-state index is 12.3. The van der Waals surface area contributed by atoms with Crippen LogP contribution < -0.4 is 4.74 Å². The van der Waals surface area contributed by atoms with E-state index in [0.29, 0.717) is 30.6 Å². The second-order valence-electron chi connectivity index (χ2n) is 5.52. The van der Waals surface area contributed by atoms with Gasteiger partial charge >= 0.3 is 0 Å². The molecule has 1 amide bonds. The van der Waals surface area contributed by atoms with Crippen molar-refractivity contribution in [2.45, 2.75) is 26.1 Å². The number of amides is 1. The van der Waals surface area contributed by atoms with Crippen LogP contribution in [0.2, 0.25) is 0 Å². The predicted molar refractivity (Wildman–Crippen MR) is 91.3 cm³/mol. The van der Waals surface area contributed by atoms with Crippen LogP contribution in [0.15, 0.2) is 34.7 Å². The maximum atomic E-state index is 12.3. The number of benzene rings is 1. The second kappa shape index (κ2) is 8.06. The summed E-state index contributed by atoms with van der Waals surface area (Å²) in [4.78, 5) is 13.9. The van der Waals surface area contributed by atoms with Crippen molar-refractivity contribution in [1.29, 1.82) is 0 Å². The molecule has 0 aliphatic rings. The fraction of sp³-hybridized carbons (Fsp3) is 0.389. The number of furan rings is 1. The van der Waals surface area contributed by atoms with Crippen LogP contribution in [0.4, 0.5) is 0 Å². The Labute approximate surface area is 142 Å². The highest BCUT2D eigenvalue weighted by molar-refractivity contribution is 6.17. The van der Waals surface area contributed by atoms with Gasteiger partial charge in [-0.15, -0.1) is 11.6 Å². The number of halogens is 1. The summed E-state index contributed by atoms with van der Waals surface area (Å²) in [6.45, 7) is 4.98. The van der Waals surface area contributed by atoms with Gasteiger partial charge in [-0.25, -0.2) is 0 Å². The average molecular weight is 336 g/mol. The van der Waals surface area contributed by atoms with Gasteiger partial charge in [-0.3, -0.25) is 4.79 Å². The van der Waals surface area contributed by atoms with Crippen LogP contribution in [0, 0.1) is 13.8 Å². The molecule has 0 spiro atoms. The molecule has 0 aliphatic carbocycles. The van der Waals surface area contributed by atoms with Crippen molar-refractivity contribution in [1.82, 2.24) is 4.90 Å². The molecule has 2 rings (SSSR count). The van der Waals surface area contributed by atoms with Crippen molar-refractivity contribution >= 4 is 17.5 Å². The molecule has 4 nitrogen and oxygen atoms in total. The van der Waals surface area contributed by atoms with Crippen LogP contribution in [0.1, 0.15) is 33.9 Å². The van der Waals surface area contributed by atoms with E-state index in [9.17, 15) is 4.79 Å². The van der Waals surface area contributed by atoms with Crippen LogP contribution >= 0.6 is 11.6 Å². The zero-order chi connectivity index (χ0) is 16.8. The highest BCUT2D eigenvalue weighted by atomic mass is 35.5. The molecule has 23 heavy (non-hydrogen) atoms. The Morgan fingerprint density at radius 1 is 1.30 bits per heavy atom. The molecule has 0 atom stereocenters. The number of alkyl halides is 1. The zero-order valence-corrected chi connectivity index (χ0v) is 14.5. The van der Waals surface area contributed by atoms with E-state index in [-0.39, 0.29) is 5.91 Å². The van der Waals surface area contributed by atoms with Crippen LogP contribution in [0.3, 0.4) is 0 Å². The first-order chi connectivity index (χ1) is 11.0. The summed E-state index contributed by atoms with van der Waals surface area (Å²) in [6, 6.07) is 9.61. The van der Waals surface area contributed by atoms with E-state index in [2.05, 4.69) is 0 Å². The fourth-order valence-electron chi connectivity index (χ4n) is 2.25. The van der Waals surface area contributed by atoms with Gasteiger partial charge in [-0.05, 0) is 38.0 Å². The Balaban J connectivity index is 1.81. The Morgan fingerprint density at radius 3 is 2.70 bits per heavy atom. The molecule has 0 aliphatic heterocycles. The smallest absolute Gasteiger partial charge is 0.289 e. The number of nitrogens with zero attached hydrogens (tertiary/aromatic N) is 1. The molecule has 0 N–H and O–H groups in total. The quantitative estimate of drug-likeness (QED) is 0.563. The summed E-state index contributed by atoms with van der Waals surface area (Å²) in [5.41, 5.74) is 1.96. The number of rotatable bonds is 7. The SMILES string of the molecule is Cc1ccccc1OCCCN(C)C(=O)c1cc(CCl)c(C)o1.